The Hall–Kier alpha value is -3.58. The third kappa shape index (κ3) is 2.40. The Bertz CT molecular complexity index is 1400. The van der Waals surface area contributed by atoms with Crippen molar-refractivity contribution < 1.29 is 24.5 Å². The van der Waals surface area contributed by atoms with Gasteiger partial charge in [0.25, 0.3) is 0 Å². The van der Waals surface area contributed by atoms with E-state index in [4.69, 9.17) is 16.3 Å². The van der Waals surface area contributed by atoms with Crippen molar-refractivity contribution >= 4 is 29.2 Å². The van der Waals surface area contributed by atoms with Crippen LogP contribution < -0.4 is 4.74 Å². The number of benzene rings is 2. The van der Waals surface area contributed by atoms with E-state index in [1.165, 1.54) is 13.8 Å². The van der Waals surface area contributed by atoms with Crippen molar-refractivity contribution in [1.82, 2.24) is 9.78 Å². The number of phenolic OH excluding ortho intramolecular Hbond substituents is 2. The number of nitrogens with zero attached hydrogens (tertiary/aromatic N) is 2. The van der Waals surface area contributed by atoms with E-state index in [1.54, 1.807) is 48.9 Å². The molecule has 162 valence electrons. The van der Waals surface area contributed by atoms with Crippen molar-refractivity contribution in [2.75, 3.05) is 0 Å². The van der Waals surface area contributed by atoms with Crippen molar-refractivity contribution in [1.29, 1.82) is 0 Å². The summed E-state index contributed by atoms with van der Waals surface area (Å²) < 4.78 is 7.64. The summed E-state index contributed by atoms with van der Waals surface area (Å²) in [6.45, 7) is 6.18. The number of carbonyl (C=O) groups is 2. The predicted octanol–water partition coefficient (Wildman–Crippen LogP) is 4.64. The van der Waals surface area contributed by atoms with Gasteiger partial charge in [-0.3, -0.25) is 9.59 Å². The monoisotopic (exact) mass is 450 g/mol. The van der Waals surface area contributed by atoms with E-state index in [0.717, 1.165) is 0 Å². The Balaban J connectivity index is 1.80. The molecule has 3 aromatic rings. The number of ketones is 2. The first-order valence-corrected chi connectivity index (χ1v) is 10.4. The molecule has 1 unspecified atom stereocenters. The van der Waals surface area contributed by atoms with Gasteiger partial charge in [0.2, 0.25) is 0 Å². The van der Waals surface area contributed by atoms with E-state index in [1.807, 2.05) is 0 Å². The summed E-state index contributed by atoms with van der Waals surface area (Å²) in [5.74, 6) is -1.11. The number of allylic oxidation sites excluding steroid dienone is 1. The summed E-state index contributed by atoms with van der Waals surface area (Å²) in [6.07, 6.45) is 1.70. The lowest BCUT2D eigenvalue weighted by molar-refractivity contribution is 0.0905. The molecule has 1 aliphatic heterocycles. The highest BCUT2D eigenvalue weighted by atomic mass is 35.5. The van der Waals surface area contributed by atoms with Gasteiger partial charge < -0.3 is 14.9 Å². The maximum atomic E-state index is 13.9. The molecule has 1 aromatic heterocycles. The lowest BCUT2D eigenvalue weighted by Crippen LogP contribution is -2.36. The zero-order valence-electron chi connectivity index (χ0n) is 17.8. The summed E-state index contributed by atoms with van der Waals surface area (Å²) in [4.78, 5) is 26.2. The van der Waals surface area contributed by atoms with Crippen LogP contribution >= 0.6 is 11.6 Å². The van der Waals surface area contributed by atoms with E-state index in [9.17, 15) is 19.8 Å². The second-order valence-corrected chi connectivity index (χ2v) is 8.69. The lowest BCUT2D eigenvalue weighted by Gasteiger charge is -2.27. The van der Waals surface area contributed by atoms with E-state index in [-0.39, 0.29) is 45.5 Å². The molecule has 2 N–H and O–H groups in total. The van der Waals surface area contributed by atoms with Gasteiger partial charge in [0.1, 0.15) is 34.0 Å². The SMILES string of the molecule is CC(=O)c1c(O)c(C)c(O)c2c1OC1=Cc3c(c(C)nn3-c3ccc(Cl)cc3)C(=O)C12C. The minimum absolute atomic E-state index is 0.00834. The molecule has 1 atom stereocenters. The third-order valence-corrected chi connectivity index (χ3v) is 6.56. The van der Waals surface area contributed by atoms with Crippen LogP contribution in [0.1, 0.15) is 57.1 Å². The molecule has 0 bridgehead atoms. The maximum absolute atomic E-state index is 13.9. The van der Waals surface area contributed by atoms with Crippen LogP contribution in [-0.4, -0.2) is 31.6 Å². The van der Waals surface area contributed by atoms with E-state index in [2.05, 4.69) is 5.10 Å². The molecule has 0 saturated heterocycles. The zero-order valence-corrected chi connectivity index (χ0v) is 18.5. The van der Waals surface area contributed by atoms with Gasteiger partial charge >= 0.3 is 0 Å². The fourth-order valence-corrected chi connectivity index (χ4v) is 4.69. The molecule has 0 saturated carbocycles. The number of carbonyl (C=O) groups excluding carboxylic acids is 2. The van der Waals surface area contributed by atoms with Crippen LogP contribution in [0.5, 0.6) is 17.2 Å². The second kappa shape index (κ2) is 6.46. The van der Waals surface area contributed by atoms with E-state index >= 15 is 0 Å². The zero-order chi connectivity index (χ0) is 23.1. The minimum Gasteiger partial charge on any atom is -0.507 e. The average Bonchev–Trinajstić information content (AvgIpc) is 3.22. The number of halogens is 1. The van der Waals surface area contributed by atoms with Crippen LogP contribution in [0.4, 0.5) is 0 Å². The first-order valence-electron chi connectivity index (χ1n) is 9.97. The summed E-state index contributed by atoms with van der Waals surface area (Å²) in [6, 6.07) is 7.04. The lowest BCUT2D eigenvalue weighted by atomic mass is 9.71. The summed E-state index contributed by atoms with van der Waals surface area (Å²) in [5.41, 5.74) is 1.03. The average molecular weight is 451 g/mol. The highest BCUT2D eigenvalue weighted by Crippen LogP contribution is 2.58. The molecule has 0 spiro atoms. The molecular formula is C24H19ClN2O5. The normalized spacial score (nSPS) is 18.5. The fourth-order valence-electron chi connectivity index (χ4n) is 4.57. The number of hydrogen-bond donors (Lipinski definition) is 2. The van der Waals surface area contributed by atoms with Crippen LogP contribution in [0.2, 0.25) is 5.02 Å². The van der Waals surface area contributed by atoms with Crippen LogP contribution in [-0.2, 0) is 5.41 Å². The van der Waals surface area contributed by atoms with E-state index < -0.39 is 11.2 Å². The van der Waals surface area contributed by atoms with Crippen molar-refractivity contribution in [2.45, 2.75) is 33.1 Å². The number of phenols is 2. The van der Waals surface area contributed by atoms with Gasteiger partial charge in [-0.15, -0.1) is 0 Å². The molecular weight excluding hydrogens is 432 g/mol. The maximum Gasteiger partial charge on any atom is 0.185 e. The fraction of sp³-hybridized carbons (Fsp3) is 0.208. The molecule has 0 radical (unpaired) electrons. The highest BCUT2D eigenvalue weighted by molar-refractivity contribution is 6.30. The first-order chi connectivity index (χ1) is 15.1. The Morgan fingerprint density at radius 1 is 1.16 bits per heavy atom. The Morgan fingerprint density at radius 2 is 1.81 bits per heavy atom. The quantitative estimate of drug-likeness (QED) is 0.551. The number of aryl methyl sites for hydroxylation is 1. The Morgan fingerprint density at radius 3 is 2.44 bits per heavy atom. The van der Waals surface area contributed by atoms with Crippen LogP contribution in [0.3, 0.4) is 0 Å². The second-order valence-electron chi connectivity index (χ2n) is 8.26. The van der Waals surface area contributed by atoms with Gasteiger partial charge in [-0.1, -0.05) is 11.6 Å². The molecule has 0 fully saturated rings. The molecule has 2 heterocycles. The van der Waals surface area contributed by atoms with Crippen LogP contribution in [0, 0.1) is 13.8 Å². The number of fused-ring (bicyclic) bond motifs is 4. The van der Waals surface area contributed by atoms with Crippen molar-refractivity contribution in [3.05, 3.63) is 68.7 Å². The minimum atomic E-state index is -1.37. The van der Waals surface area contributed by atoms with Crippen LogP contribution in [0.25, 0.3) is 11.8 Å². The topological polar surface area (TPSA) is 102 Å². The standard InChI is InChI=1S/C24H19ClN2O5/c1-10-20(29)18(12(3)28)22-19(21(10)30)24(4)16(32-22)9-15-17(23(24)31)11(2)26-27(15)14-7-5-13(25)6-8-14/h5-9,29-30H,1-4H3. The molecule has 8 heteroatoms. The van der Waals surface area contributed by atoms with Crippen molar-refractivity contribution in [2.24, 2.45) is 0 Å². The summed E-state index contributed by atoms with van der Waals surface area (Å²) in [7, 11) is 0. The van der Waals surface area contributed by atoms with Crippen molar-refractivity contribution in [3.8, 4) is 22.9 Å². The molecule has 0 amide bonds. The molecule has 2 aliphatic rings. The number of rotatable bonds is 2. The summed E-state index contributed by atoms with van der Waals surface area (Å²) >= 11 is 6.01. The number of aromatic hydroxyl groups is 2. The highest BCUT2D eigenvalue weighted by Gasteiger charge is 2.55. The van der Waals surface area contributed by atoms with Crippen molar-refractivity contribution in [3.63, 3.8) is 0 Å². The van der Waals surface area contributed by atoms with Gasteiger partial charge in [0.15, 0.2) is 11.6 Å². The number of hydrogen-bond acceptors (Lipinski definition) is 6. The van der Waals surface area contributed by atoms with Gasteiger partial charge in [-0.2, -0.15) is 5.10 Å². The van der Waals surface area contributed by atoms with Gasteiger partial charge in [0, 0.05) is 16.7 Å². The molecule has 7 nitrogen and oxygen atoms in total. The molecule has 32 heavy (non-hydrogen) atoms. The Kier molecular flexibility index (Phi) is 4.11. The van der Waals surface area contributed by atoms with E-state index in [0.29, 0.717) is 27.7 Å². The largest absolute Gasteiger partial charge is 0.507 e. The van der Waals surface area contributed by atoms with Crippen LogP contribution in [0.15, 0.2) is 30.0 Å². The molecule has 1 aliphatic carbocycles. The number of aromatic nitrogens is 2. The molecule has 2 aromatic carbocycles. The number of ether oxygens (including phenoxy) is 1. The summed E-state index contributed by atoms with van der Waals surface area (Å²) in [5, 5.41) is 26.5. The smallest absolute Gasteiger partial charge is 0.185 e. The first kappa shape index (κ1) is 20.3. The van der Waals surface area contributed by atoms with Gasteiger partial charge in [-0.25, -0.2) is 4.68 Å². The number of Topliss-reactive ketones (excluding diaryl/α,β-unsaturated/α-hetero) is 2. The molecule has 5 rings (SSSR count). The Labute approximate surface area is 188 Å². The third-order valence-electron chi connectivity index (χ3n) is 6.31. The predicted molar refractivity (Wildman–Crippen MR) is 118 cm³/mol. The van der Waals surface area contributed by atoms with Gasteiger partial charge in [-0.05, 0) is 52.0 Å². The van der Waals surface area contributed by atoms with Gasteiger partial charge in [0.05, 0.1) is 28.2 Å².